The van der Waals surface area contributed by atoms with Gasteiger partial charge in [0.05, 0.1) is 17.9 Å². The maximum absolute atomic E-state index is 12.4. The zero-order valence-electron chi connectivity index (χ0n) is 12.0. The van der Waals surface area contributed by atoms with Gasteiger partial charge in [0.15, 0.2) is 0 Å². The third kappa shape index (κ3) is 2.85. The fourth-order valence-corrected chi connectivity index (χ4v) is 2.62. The second-order valence-corrected chi connectivity index (χ2v) is 6.12. The maximum Gasteiger partial charge on any atom is 0.327 e. The average molecular weight is 367 g/mol. The highest BCUT2D eigenvalue weighted by atomic mass is 79.9. The number of halogens is 1. The Bertz CT molecular complexity index is 783. The van der Waals surface area contributed by atoms with Gasteiger partial charge in [-0.2, -0.15) is 0 Å². The molecule has 3 rings (SSSR count). The van der Waals surface area contributed by atoms with Gasteiger partial charge in [-0.3, -0.25) is 9.59 Å². The fourth-order valence-electron chi connectivity index (χ4n) is 2.26. The summed E-state index contributed by atoms with van der Waals surface area (Å²) in [7, 11) is 1.28. The molecule has 1 aliphatic rings. The van der Waals surface area contributed by atoms with Crippen molar-refractivity contribution in [3.05, 3.63) is 33.0 Å². The monoisotopic (exact) mass is 366 g/mol. The SMILES string of the molecule is COC(=O)Cn1nc(OC2CCC2)c2cc(Br)ccc2c1=O. The molecule has 0 atom stereocenters. The number of ether oxygens (including phenoxy) is 2. The lowest BCUT2D eigenvalue weighted by molar-refractivity contribution is -0.141. The van der Waals surface area contributed by atoms with Crippen LogP contribution in [0.2, 0.25) is 0 Å². The normalized spacial score (nSPS) is 14.6. The minimum atomic E-state index is -0.527. The largest absolute Gasteiger partial charge is 0.473 e. The van der Waals surface area contributed by atoms with Crippen LogP contribution >= 0.6 is 15.9 Å². The van der Waals surface area contributed by atoms with Crippen LogP contribution in [0, 0.1) is 0 Å². The van der Waals surface area contributed by atoms with Crippen LogP contribution in [0.25, 0.3) is 10.8 Å². The highest BCUT2D eigenvalue weighted by molar-refractivity contribution is 9.10. The molecule has 1 fully saturated rings. The lowest BCUT2D eigenvalue weighted by Crippen LogP contribution is -2.30. The van der Waals surface area contributed by atoms with Gasteiger partial charge in [0, 0.05) is 4.47 Å². The van der Waals surface area contributed by atoms with Crippen LogP contribution in [-0.2, 0) is 16.1 Å². The summed E-state index contributed by atoms with van der Waals surface area (Å²) in [5.41, 5.74) is -0.339. The Morgan fingerprint density at radius 3 is 2.82 bits per heavy atom. The Balaban J connectivity index is 2.12. The van der Waals surface area contributed by atoms with E-state index in [0.29, 0.717) is 16.7 Å². The second kappa shape index (κ2) is 6.08. The van der Waals surface area contributed by atoms with Crippen molar-refractivity contribution >= 4 is 32.7 Å². The van der Waals surface area contributed by atoms with Gasteiger partial charge < -0.3 is 9.47 Å². The van der Waals surface area contributed by atoms with Crippen molar-refractivity contribution in [1.29, 1.82) is 0 Å². The molecule has 0 N–H and O–H groups in total. The Labute approximate surface area is 135 Å². The van der Waals surface area contributed by atoms with Gasteiger partial charge in [-0.1, -0.05) is 15.9 Å². The lowest BCUT2D eigenvalue weighted by Gasteiger charge is -2.26. The standard InChI is InChI=1S/C15H15BrN2O4/c1-21-13(19)8-18-15(20)11-6-5-9(16)7-12(11)14(17-18)22-10-3-2-4-10/h5-7,10H,2-4,8H2,1H3. The van der Waals surface area contributed by atoms with Crippen molar-refractivity contribution < 1.29 is 14.3 Å². The maximum atomic E-state index is 12.4. The van der Waals surface area contributed by atoms with Gasteiger partial charge in [0.25, 0.3) is 5.56 Å². The smallest absolute Gasteiger partial charge is 0.327 e. The summed E-state index contributed by atoms with van der Waals surface area (Å²) in [5.74, 6) is -0.148. The molecule has 1 heterocycles. The number of fused-ring (bicyclic) bond motifs is 1. The fraction of sp³-hybridized carbons (Fsp3) is 0.400. The minimum Gasteiger partial charge on any atom is -0.473 e. The Kier molecular flexibility index (Phi) is 4.15. The first kappa shape index (κ1) is 15.0. The van der Waals surface area contributed by atoms with Crippen LogP contribution in [0.15, 0.2) is 27.5 Å². The summed E-state index contributed by atoms with van der Waals surface area (Å²) >= 11 is 3.39. The summed E-state index contributed by atoms with van der Waals surface area (Å²) in [6, 6.07) is 5.28. The molecule has 116 valence electrons. The Morgan fingerprint density at radius 2 is 2.18 bits per heavy atom. The number of benzene rings is 1. The van der Waals surface area contributed by atoms with Gasteiger partial charge >= 0.3 is 5.97 Å². The predicted octanol–water partition coefficient (Wildman–Crippen LogP) is 2.26. The van der Waals surface area contributed by atoms with Gasteiger partial charge in [0.2, 0.25) is 5.88 Å². The van der Waals surface area contributed by atoms with E-state index < -0.39 is 5.97 Å². The molecule has 22 heavy (non-hydrogen) atoms. The van der Waals surface area contributed by atoms with Crippen molar-refractivity contribution in [2.75, 3.05) is 7.11 Å². The molecule has 7 heteroatoms. The van der Waals surface area contributed by atoms with E-state index in [1.807, 2.05) is 0 Å². The van der Waals surface area contributed by atoms with E-state index in [9.17, 15) is 9.59 Å². The lowest BCUT2D eigenvalue weighted by atomic mass is 9.96. The zero-order chi connectivity index (χ0) is 15.7. The molecular formula is C15H15BrN2O4. The van der Waals surface area contributed by atoms with E-state index in [1.165, 1.54) is 7.11 Å². The van der Waals surface area contributed by atoms with Crippen LogP contribution in [0.3, 0.4) is 0 Å². The topological polar surface area (TPSA) is 70.4 Å². The van der Waals surface area contributed by atoms with E-state index in [1.54, 1.807) is 18.2 Å². The highest BCUT2D eigenvalue weighted by Gasteiger charge is 2.22. The number of methoxy groups -OCH3 is 1. The Morgan fingerprint density at radius 1 is 1.41 bits per heavy atom. The number of hydrogen-bond donors (Lipinski definition) is 0. The third-order valence-electron chi connectivity index (χ3n) is 3.73. The van der Waals surface area contributed by atoms with Crippen molar-refractivity contribution in [3.8, 4) is 5.88 Å². The molecule has 0 aliphatic heterocycles. The molecule has 0 spiro atoms. The van der Waals surface area contributed by atoms with Gasteiger partial charge in [-0.25, -0.2) is 4.68 Å². The molecule has 1 aliphatic carbocycles. The van der Waals surface area contributed by atoms with E-state index in [2.05, 4.69) is 25.8 Å². The molecular weight excluding hydrogens is 352 g/mol. The van der Waals surface area contributed by atoms with E-state index >= 15 is 0 Å². The molecule has 1 aromatic carbocycles. The number of aromatic nitrogens is 2. The molecule has 0 saturated heterocycles. The van der Waals surface area contributed by atoms with Crippen molar-refractivity contribution in [2.45, 2.75) is 31.9 Å². The molecule has 0 amide bonds. The zero-order valence-corrected chi connectivity index (χ0v) is 13.6. The van der Waals surface area contributed by atoms with Crippen LogP contribution in [0.4, 0.5) is 0 Å². The molecule has 0 bridgehead atoms. The molecule has 2 aromatic rings. The predicted molar refractivity (Wildman–Crippen MR) is 84.0 cm³/mol. The van der Waals surface area contributed by atoms with Gasteiger partial charge in [-0.15, -0.1) is 5.10 Å². The van der Waals surface area contributed by atoms with E-state index in [0.717, 1.165) is 28.4 Å². The number of nitrogens with zero attached hydrogens (tertiary/aromatic N) is 2. The van der Waals surface area contributed by atoms with E-state index in [-0.39, 0.29) is 18.2 Å². The summed E-state index contributed by atoms with van der Waals surface area (Å²) < 4.78 is 12.4. The molecule has 1 aromatic heterocycles. The number of esters is 1. The molecule has 0 radical (unpaired) electrons. The number of hydrogen-bond acceptors (Lipinski definition) is 5. The minimum absolute atomic E-state index is 0.124. The average Bonchev–Trinajstić information content (AvgIpc) is 2.46. The summed E-state index contributed by atoms with van der Waals surface area (Å²) in [5, 5.41) is 5.33. The van der Waals surface area contributed by atoms with Gasteiger partial charge in [-0.05, 0) is 37.5 Å². The highest BCUT2D eigenvalue weighted by Crippen LogP contribution is 2.29. The summed E-state index contributed by atoms with van der Waals surface area (Å²) in [6.07, 6.45) is 3.22. The van der Waals surface area contributed by atoms with Crippen molar-refractivity contribution in [1.82, 2.24) is 9.78 Å². The van der Waals surface area contributed by atoms with Crippen molar-refractivity contribution in [2.24, 2.45) is 0 Å². The van der Waals surface area contributed by atoms with Crippen LogP contribution < -0.4 is 10.3 Å². The van der Waals surface area contributed by atoms with Crippen LogP contribution in [0.1, 0.15) is 19.3 Å². The van der Waals surface area contributed by atoms with Crippen molar-refractivity contribution in [3.63, 3.8) is 0 Å². The Hall–Kier alpha value is -1.89. The first-order chi connectivity index (χ1) is 10.6. The summed E-state index contributed by atoms with van der Waals surface area (Å²) in [4.78, 5) is 23.9. The quantitative estimate of drug-likeness (QED) is 0.776. The molecule has 0 unspecified atom stereocenters. The van der Waals surface area contributed by atoms with Crippen LogP contribution in [0.5, 0.6) is 5.88 Å². The molecule has 1 saturated carbocycles. The first-order valence-electron chi connectivity index (χ1n) is 7.02. The van der Waals surface area contributed by atoms with E-state index in [4.69, 9.17) is 4.74 Å². The molecule has 6 nitrogen and oxygen atoms in total. The number of rotatable bonds is 4. The third-order valence-corrected chi connectivity index (χ3v) is 4.22. The van der Waals surface area contributed by atoms with Crippen LogP contribution in [-0.4, -0.2) is 29.0 Å². The number of carbonyl (C=O) groups excluding carboxylic acids is 1. The summed E-state index contributed by atoms with van der Waals surface area (Å²) in [6.45, 7) is -0.234. The first-order valence-corrected chi connectivity index (χ1v) is 7.81. The second-order valence-electron chi connectivity index (χ2n) is 5.20. The number of carbonyl (C=O) groups is 1. The van der Waals surface area contributed by atoms with Gasteiger partial charge in [0.1, 0.15) is 12.6 Å².